The second-order valence-electron chi connectivity index (χ2n) is 9.96. The molecule has 3 amide bonds. The third-order valence-corrected chi connectivity index (χ3v) is 7.96. The van der Waals surface area contributed by atoms with E-state index in [1.54, 1.807) is 30.3 Å². The summed E-state index contributed by atoms with van der Waals surface area (Å²) < 4.78 is 0. The first-order valence-electron chi connectivity index (χ1n) is 13.0. The largest absolute Gasteiger partial charge is 0.367 e. The van der Waals surface area contributed by atoms with Gasteiger partial charge in [-0.25, -0.2) is 0 Å². The number of likely N-dealkylation sites (tertiary alicyclic amines) is 1. The van der Waals surface area contributed by atoms with Gasteiger partial charge >= 0.3 is 0 Å². The van der Waals surface area contributed by atoms with Crippen molar-refractivity contribution in [3.63, 3.8) is 0 Å². The average molecular weight is 509 g/mol. The van der Waals surface area contributed by atoms with Gasteiger partial charge in [0.25, 0.3) is 11.8 Å². The summed E-state index contributed by atoms with van der Waals surface area (Å²) >= 11 is 6.20. The second-order valence-corrected chi connectivity index (χ2v) is 10.4. The molecule has 1 N–H and O–H groups in total. The predicted molar refractivity (Wildman–Crippen MR) is 142 cm³/mol. The van der Waals surface area contributed by atoms with Crippen molar-refractivity contribution in [1.82, 2.24) is 9.80 Å². The van der Waals surface area contributed by atoms with Crippen LogP contribution >= 0.6 is 11.6 Å². The van der Waals surface area contributed by atoms with Gasteiger partial charge in [0.15, 0.2) is 0 Å². The zero-order chi connectivity index (χ0) is 25.1. The summed E-state index contributed by atoms with van der Waals surface area (Å²) in [5.74, 6) is 0.149. The molecule has 0 radical (unpaired) electrons. The van der Waals surface area contributed by atoms with Crippen LogP contribution in [0, 0.1) is 5.92 Å². The van der Waals surface area contributed by atoms with E-state index >= 15 is 0 Å². The Morgan fingerprint density at radius 1 is 0.778 bits per heavy atom. The fourth-order valence-electron chi connectivity index (χ4n) is 5.59. The predicted octanol–water partition coefficient (Wildman–Crippen LogP) is 4.67. The van der Waals surface area contributed by atoms with Crippen LogP contribution in [0.5, 0.6) is 0 Å². The minimum absolute atomic E-state index is 0.0131. The Labute approximate surface area is 217 Å². The average Bonchev–Trinajstić information content (AvgIpc) is 3.63. The number of carbonyl (C=O) groups is 3. The number of rotatable bonds is 5. The second kappa shape index (κ2) is 10.9. The fraction of sp³-hybridized carbons (Fsp3) is 0.464. The van der Waals surface area contributed by atoms with Crippen molar-refractivity contribution in [3.8, 4) is 0 Å². The molecule has 1 saturated carbocycles. The van der Waals surface area contributed by atoms with Crippen LogP contribution in [0.15, 0.2) is 42.5 Å². The van der Waals surface area contributed by atoms with Crippen LogP contribution in [-0.2, 0) is 4.79 Å². The summed E-state index contributed by atoms with van der Waals surface area (Å²) in [5.41, 5.74) is 2.39. The van der Waals surface area contributed by atoms with Crippen LogP contribution in [0.1, 0.15) is 59.2 Å². The van der Waals surface area contributed by atoms with Crippen molar-refractivity contribution in [2.45, 2.75) is 38.5 Å². The smallest absolute Gasteiger partial charge is 0.257 e. The van der Waals surface area contributed by atoms with Crippen LogP contribution in [0.4, 0.5) is 11.4 Å². The SMILES string of the molecule is O=C(Nc1ccc(N2CCN(C(=O)C3CCCC3)CC2)c(C(=O)N2CCCC2)c1)c1ccccc1Cl. The molecule has 2 heterocycles. The number of benzene rings is 2. The van der Waals surface area contributed by atoms with E-state index < -0.39 is 0 Å². The van der Waals surface area contributed by atoms with Crippen molar-refractivity contribution in [1.29, 1.82) is 0 Å². The minimum atomic E-state index is -0.313. The maximum absolute atomic E-state index is 13.5. The van der Waals surface area contributed by atoms with Crippen LogP contribution in [0.2, 0.25) is 5.02 Å². The molecule has 1 aliphatic carbocycles. The summed E-state index contributed by atoms with van der Waals surface area (Å²) in [4.78, 5) is 45.3. The van der Waals surface area contributed by atoms with E-state index in [-0.39, 0.29) is 23.6 Å². The Morgan fingerprint density at radius 3 is 2.17 bits per heavy atom. The summed E-state index contributed by atoms with van der Waals surface area (Å²) in [6.45, 7) is 4.19. The molecule has 36 heavy (non-hydrogen) atoms. The molecule has 0 aromatic heterocycles. The lowest BCUT2D eigenvalue weighted by Crippen LogP contribution is -2.50. The topological polar surface area (TPSA) is 73.0 Å². The zero-order valence-electron chi connectivity index (χ0n) is 20.5. The van der Waals surface area contributed by atoms with E-state index in [1.807, 2.05) is 21.9 Å². The molecule has 3 fully saturated rings. The minimum Gasteiger partial charge on any atom is -0.367 e. The van der Waals surface area contributed by atoms with Gasteiger partial charge in [-0.1, -0.05) is 36.6 Å². The van der Waals surface area contributed by atoms with Gasteiger partial charge < -0.3 is 20.0 Å². The molecule has 0 spiro atoms. The maximum atomic E-state index is 13.5. The molecule has 2 aromatic rings. The molecular formula is C28H33ClN4O3. The van der Waals surface area contributed by atoms with E-state index in [2.05, 4.69) is 10.2 Å². The van der Waals surface area contributed by atoms with Gasteiger partial charge in [0.2, 0.25) is 5.91 Å². The number of hydrogen-bond donors (Lipinski definition) is 1. The Bertz CT molecular complexity index is 1130. The van der Waals surface area contributed by atoms with Crippen molar-refractivity contribution in [3.05, 3.63) is 58.6 Å². The third-order valence-electron chi connectivity index (χ3n) is 7.63. The number of amides is 3. The van der Waals surface area contributed by atoms with Gasteiger partial charge in [-0.3, -0.25) is 14.4 Å². The number of halogens is 1. The van der Waals surface area contributed by atoms with Crippen molar-refractivity contribution in [2.24, 2.45) is 5.92 Å². The van der Waals surface area contributed by atoms with E-state index in [1.165, 1.54) is 0 Å². The molecule has 0 atom stereocenters. The lowest BCUT2D eigenvalue weighted by Gasteiger charge is -2.38. The molecule has 5 rings (SSSR count). The van der Waals surface area contributed by atoms with Gasteiger partial charge in [0, 0.05) is 56.6 Å². The molecule has 2 saturated heterocycles. The van der Waals surface area contributed by atoms with Crippen molar-refractivity contribution in [2.75, 3.05) is 49.5 Å². The highest BCUT2D eigenvalue weighted by atomic mass is 35.5. The molecule has 2 aromatic carbocycles. The molecule has 0 bridgehead atoms. The van der Waals surface area contributed by atoms with Crippen molar-refractivity contribution >= 4 is 40.7 Å². The molecule has 3 aliphatic rings. The highest BCUT2D eigenvalue weighted by molar-refractivity contribution is 6.34. The van der Waals surface area contributed by atoms with Gasteiger partial charge in [0.1, 0.15) is 0 Å². The normalized spacial score (nSPS) is 18.5. The van der Waals surface area contributed by atoms with E-state index in [0.29, 0.717) is 48.0 Å². The van der Waals surface area contributed by atoms with Crippen LogP contribution in [-0.4, -0.2) is 66.8 Å². The van der Waals surface area contributed by atoms with Crippen molar-refractivity contribution < 1.29 is 14.4 Å². The standard InChI is InChI=1S/C28H33ClN4O3/c29-24-10-4-3-9-22(24)26(34)30-21-11-12-25(23(19-21)28(36)32-13-5-6-14-32)31-15-17-33(18-16-31)27(35)20-7-1-2-8-20/h3-4,9-12,19-20H,1-2,5-8,13-18H2,(H,30,34). The molecule has 190 valence electrons. The summed E-state index contributed by atoms with van der Waals surface area (Å²) in [6.07, 6.45) is 6.33. The highest BCUT2D eigenvalue weighted by Crippen LogP contribution is 2.30. The van der Waals surface area contributed by atoms with Gasteiger partial charge in [-0.15, -0.1) is 0 Å². The first-order chi connectivity index (χ1) is 17.5. The maximum Gasteiger partial charge on any atom is 0.257 e. The van der Waals surface area contributed by atoms with Gasteiger partial charge in [-0.05, 0) is 56.0 Å². The first kappa shape index (κ1) is 24.6. The number of anilines is 2. The number of nitrogens with zero attached hydrogens (tertiary/aromatic N) is 3. The molecule has 7 nitrogen and oxygen atoms in total. The Balaban J connectivity index is 1.35. The fourth-order valence-corrected chi connectivity index (χ4v) is 5.82. The molecular weight excluding hydrogens is 476 g/mol. The Kier molecular flexibility index (Phi) is 7.46. The summed E-state index contributed by atoms with van der Waals surface area (Å²) in [6, 6.07) is 12.4. The number of nitrogens with one attached hydrogen (secondary N) is 1. The number of hydrogen-bond acceptors (Lipinski definition) is 4. The lowest BCUT2D eigenvalue weighted by molar-refractivity contribution is -0.135. The van der Waals surface area contributed by atoms with Gasteiger partial charge in [-0.2, -0.15) is 0 Å². The third kappa shape index (κ3) is 5.21. The van der Waals surface area contributed by atoms with Crippen LogP contribution < -0.4 is 10.2 Å². The number of piperazine rings is 1. The van der Waals surface area contributed by atoms with Crippen LogP contribution in [0.3, 0.4) is 0 Å². The lowest BCUT2D eigenvalue weighted by atomic mass is 10.1. The van der Waals surface area contributed by atoms with Gasteiger partial charge in [0.05, 0.1) is 16.1 Å². The molecule has 2 aliphatic heterocycles. The van der Waals surface area contributed by atoms with E-state index in [4.69, 9.17) is 11.6 Å². The van der Waals surface area contributed by atoms with E-state index in [9.17, 15) is 14.4 Å². The summed E-state index contributed by atoms with van der Waals surface area (Å²) in [5, 5.41) is 3.28. The quantitative estimate of drug-likeness (QED) is 0.637. The Hall–Kier alpha value is -3.06. The Morgan fingerprint density at radius 2 is 1.47 bits per heavy atom. The van der Waals surface area contributed by atoms with Crippen LogP contribution in [0.25, 0.3) is 0 Å². The zero-order valence-corrected chi connectivity index (χ0v) is 21.3. The molecule has 8 heteroatoms. The highest BCUT2D eigenvalue weighted by Gasteiger charge is 2.31. The first-order valence-corrected chi connectivity index (χ1v) is 13.4. The monoisotopic (exact) mass is 508 g/mol. The number of carbonyl (C=O) groups excluding carboxylic acids is 3. The summed E-state index contributed by atoms with van der Waals surface area (Å²) in [7, 11) is 0. The van der Waals surface area contributed by atoms with E-state index in [0.717, 1.165) is 57.3 Å². The molecule has 0 unspecified atom stereocenters.